The van der Waals surface area contributed by atoms with E-state index >= 15 is 4.39 Å². The van der Waals surface area contributed by atoms with Gasteiger partial charge >= 0.3 is 0 Å². The molecule has 1 nitrogen and oxygen atoms in total. The largest absolute Gasteiger partial charge is 0.377 e. The highest BCUT2D eigenvalue weighted by Gasteiger charge is 2.28. The summed E-state index contributed by atoms with van der Waals surface area (Å²) in [5.74, 6) is -2.09. The second-order valence-electron chi connectivity index (χ2n) is 10.4. The van der Waals surface area contributed by atoms with Gasteiger partial charge in [-0.25, -0.2) is 17.6 Å². The molecule has 0 unspecified atom stereocenters. The quantitative estimate of drug-likeness (QED) is 0.353. The molecular weight excluding hydrogens is 452 g/mol. The Bertz CT molecular complexity index is 1030. The fourth-order valence-electron chi connectivity index (χ4n) is 5.70. The van der Waals surface area contributed by atoms with E-state index in [9.17, 15) is 13.2 Å². The Morgan fingerprint density at radius 3 is 1.89 bits per heavy atom. The van der Waals surface area contributed by atoms with Gasteiger partial charge in [0.15, 0.2) is 23.3 Å². The first-order valence-corrected chi connectivity index (χ1v) is 13.1. The lowest BCUT2D eigenvalue weighted by molar-refractivity contribution is 0.131. The molecular formula is C30H36F4O. The van der Waals surface area contributed by atoms with Crippen molar-refractivity contribution in [2.75, 3.05) is 6.61 Å². The van der Waals surface area contributed by atoms with E-state index in [0.717, 1.165) is 51.4 Å². The van der Waals surface area contributed by atoms with Gasteiger partial charge in [-0.1, -0.05) is 56.2 Å². The fraction of sp³-hybridized carbons (Fsp3) is 0.533. The van der Waals surface area contributed by atoms with Crippen molar-refractivity contribution in [1.29, 1.82) is 0 Å². The van der Waals surface area contributed by atoms with Crippen LogP contribution in [0.25, 0.3) is 6.08 Å². The van der Waals surface area contributed by atoms with Crippen molar-refractivity contribution in [2.45, 2.75) is 83.7 Å². The van der Waals surface area contributed by atoms with Gasteiger partial charge in [0.1, 0.15) is 0 Å². The molecule has 0 saturated heterocycles. The number of ether oxygens (including phenoxy) is 1. The van der Waals surface area contributed by atoms with Gasteiger partial charge in [0.2, 0.25) is 0 Å². The minimum Gasteiger partial charge on any atom is -0.377 e. The highest BCUT2D eigenvalue weighted by Crippen LogP contribution is 2.41. The Morgan fingerprint density at radius 1 is 0.743 bits per heavy atom. The van der Waals surface area contributed by atoms with Crippen LogP contribution in [0.4, 0.5) is 17.6 Å². The fourth-order valence-corrected chi connectivity index (χ4v) is 5.70. The molecule has 2 aliphatic carbocycles. The van der Waals surface area contributed by atoms with E-state index < -0.39 is 23.3 Å². The Balaban J connectivity index is 1.37. The highest BCUT2D eigenvalue weighted by molar-refractivity contribution is 5.51. The summed E-state index contributed by atoms with van der Waals surface area (Å²) in [4.78, 5) is 0. The van der Waals surface area contributed by atoms with Crippen LogP contribution in [0.1, 0.15) is 99.3 Å². The minimum absolute atomic E-state index is 0.0124. The van der Waals surface area contributed by atoms with Gasteiger partial charge in [-0.05, 0) is 80.2 Å². The van der Waals surface area contributed by atoms with Crippen molar-refractivity contribution >= 4 is 6.08 Å². The molecule has 0 heterocycles. The predicted molar refractivity (Wildman–Crippen MR) is 132 cm³/mol. The normalized spacial score (nSPS) is 25.3. The molecule has 2 saturated carbocycles. The summed E-state index contributed by atoms with van der Waals surface area (Å²) in [6.45, 7) is 4.51. The third kappa shape index (κ3) is 5.99. The van der Waals surface area contributed by atoms with E-state index in [0.29, 0.717) is 23.7 Å². The van der Waals surface area contributed by atoms with Crippen LogP contribution in [0.3, 0.4) is 0 Å². The zero-order valence-corrected chi connectivity index (χ0v) is 20.8. The molecule has 0 bridgehead atoms. The lowest BCUT2D eigenvalue weighted by atomic mass is 9.76. The molecule has 2 fully saturated rings. The van der Waals surface area contributed by atoms with E-state index in [1.54, 1.807) is 31.2 Å². The van der Waals surface area contributed by atoms with Crippen molar-refractivity contribution < 1.29 is 22.3 Å². The molecule has 35 heavy (non-hydrogen) atoms. The van der Waals surface area contributed by atoms with Gasteiger partial charge in [0.25, 0.3) is 0 Å². The average molecular weight is 489 g/mol. The Morgan fingerprint density at radius 2 is 1.31 bits per heavy atom. The van der Waals surface area contributed by atoms with Crippen LogP contribution in [0.15, 0.2) is 30.3 Å². The monoisotopic (exact) mass is 488 g/mol. The van der Waals surface area contributed by atoms with E-state index in [4.69, 9.17) is 4.74 Å². The summed E-state index contributed by atoms with van der Waals surface area (Å²) in [6.07, 6.45) is 10.6. The summed E-state index contributed by atoms with van der Waals surface area (Å²) >= 11 is 0. The van der Waals surface area contributed by atoms with Crippen molar-refractivity contribution in [3.05, 3.63) is 75.9 Å². The average Bonchev–Trinajstić information content (AvgIpc) is 2.87. The maximum Gasteiger partial charge on any atom is 0.166 e. The van der Waals surface area contributed by atoms with E-state index in [1.807, 2.05) is 12.1 Å². The van der Waals surface area contributed by atoms with Crippen molar-refractivity contribution in [1.82, 2.24) is 0 Å². The molecule has 0 radical (unpaired) electrons. The van der Waals surface area contributed by atoms with E-state index in [2.05, 4.69) is 6.92 Å². The van der Waals surface area contributed by atoms with Gasteiger partial charge in [-0.3, -0.25) is 0 Å². The molecule has 190 valence electrons. The molecule has 5 heteroatoms. The molecule has 2 aromatic carbocycles. The zero-order valence-electron chi connectivity index (χ0n) is 20.8. The number of hydrogen-bond donors (Lipinski definition) is 0. The van der Waals surface area contributed by atoms with Crippen molar-refractivity contribution in [3.8, 4) is 0 Å². The Kier molecular flexibility index (Phi) is 8.69. The molecule has 0 N–H and O–H groups in total. The van der Waals surface area contributed by atoms with Gasteiger partial charge < -0.3 is 4.74 Å². The van der Waals surface area contributed by atoms with Gasteiger partial charge in [0, 0.05) is 17.7 Å². The minimum atomic E-state index is -0.868. The molecule has 0 aliphatic heterocycles. The zero-order chi connectivity index (χ0) is 24.9. The SMILES string of the molecule is CCOCc1ccc(/C=C/C2CCC(c3ccc(C4CCC(C)CC4)c(F)c3F)CC2)c(F)c1F. The van der Waals surface area contributed by atoms with E-state index in [-0.39, 0.29) is 35.5 Å². The number of halogens is 4. The standard InChI is InChI=1S/C30H36F4O/c1-3-35-18-24-15-14-23(27(31)28(24)32)13-8-20-6-11-22(12-7-20)26-17-16-25(29(33)30(26)34)21-9-4-19(2)5-10-21/h8,13-17,19-22H,3-7,9-12,18H2,1-2H3/b13-8+. The summed E-state index contributed by atoms with van der Waals surface area (Å²) < 4.78 is 63.9. The first-order valence-electron chi connectivity index (χ1n) is 13.1. The van der Waals surface area contributed by atoms with Crippen LogP contribution in [-0.4, -0.2) is 6.61 Å². The maximum atomic E-state index is 15.1. The third-order valence-corrected chi connectivity index (χ3v) is 8.01. The molecule has 0 atom stereocenters. The summed E-state index contributed by atoms with van der Waals surface area (Å²) in [7, 11) is 0. The number of rotatable bonds is 7. The summed E-state index contributed by atoms with van der Waals surface area (Å²) in [5.41, 5.74) is 1.44. The predicted octanol–water partition coefficient (Wildman–Crippen LogP) is 9.06. The molecule has 4 rings (SSSR count). The second-order valence-corrected chi connectivity index (χ2v) is 10.4. The lowest BCUT2D eigenvalue weighted by Gasteiger charge is -2.29. The molecule has 0 amide bonds. The highest BCUT2D eigenvalue weighted by atomic mass is 19.2. The summed E-state index contributed by atoms with van der Waals surface area (Å²) in [6, 6.07) is 6.74. The third-order valence-electron chi connectivity index (χ3n) is 8.01. The van der Waals surface area contributed by atoms with Crippen LogP contribution >= 0.6 is 0 Å². The number of allylic oxidation sites excluding steroid dienone is 1. The topological polar surface area (TPSA) is 9.23 Å². The molecule has 2 aliphatic rings. The second kappa shape index (κ2) is 11.7. The first-order chi connectivity index (χ1) is 16.9. The van der Waals surface area contributed by atoms with Crippen molar-refractivity contribution in [2.24, 2.45) is 11.8 Å². The van der Waals surface area contributed by atoms with Crippen LogP contribution in [0, 0.1) is 35.1 Å². The Hall–Kier alpha value is -2.14. The van der Waals surface area contributed by atoms with Crippen molar-refractivity contribution in [3.63, 3.8) is 0 Å². The Labute approximate surface area is 206 Å². The smallest absolute Gasteiger partial charge is 0.166 e. The maximum absolute atomic E-state index is 15.1. The molecule has 2 aromatic rings. The number of hydrogen-bond acceptors (Lipinski definition) is 1. The van der Waals surface area contributed by atoms with Gasteiger partial charge in [-0.15, -0.1) is 0 Å². The molecule has 0 spiro atoms. The van der Waals surface area contributed by atoms with Crippen LogP contribution in [0.5, 0.6) is 0 Å². The van der Waals surface area contributed by atoms with Crippen LogP contribution in [-0.2, 0) is 11.3 Å². The lowest BCUT2D eigenvalue weighted by Crippen LogP contribution is -2.16. The van der Waals surface area contributed by atoms with Crippen LogP contribution < -0.4 is 0 Å². The van der Waals surface area contributed by atoms with Crippen LogP contribution in [0.2, 0.25) is 0 Å². The van der Waals surface area contributed by atoms with Gasteiger partial charge in [0.05, 0.1) is 6.61 Å². The van der Waals surface area contributed by atoms with E-state index in [1.165, 1.54) is 0 Å². The first kappa shape index (κ1) is 25.9. The molecule has 0 aromatic heterocycles. The number of benzene rings is 2. The summed E-state index contributed by atoms with van der Waals surface area (Å²) in [5, 5.41) is 0. The van der Waals surface area contributed by atoms with Gasteiger partial charge in [-0.2, -0.15) is 0 Å².